The first kappa shape index (κ1) is 14.0. The SMILES string of the molecule is CC(CC(N)=S)Oc1cccc(C(C)(C)C)c1. The van der Waals surface area contributed by atoms with Crippen LogP contribution in [-0.4, -0.2) is 11.1 Å². The van der Waals surface area contributed by atoms with Gasteiger partial charge in [0.15, 0.2) is 0 Å². The zero-order valence-electron chi connectivity index (χ0n) is 11.0. The Bertz CT molecular complexity index is 395. The van der Waals surface area contributed by atoms with Crippen LogP contribution in [0.1, 0.15) is 39.7 Å². The van der Waals surface area contributed by atoms with Crippen LogP contribution in [0.15, 0.2) is 24.3 Å². The van der Waals surface area contributed by atoms with Crippen LogP contribution in [0.4, 0.5) is 0 Å². The van der Waals surface area contributed by atoms with E-state index in [1.54, 1.807) is 0 Å². The summed E-state index contributed by atoms with van der Waals surface area (Å²) in [6.07, 6.45) is 0.623. The molecule has 0 heterocycles. The van der Waals surface area contributed by atoms with E-state index in [-0.39, 0.29) is 11.5 Å². The van der Waals surface area contributed by atoms with E-state index in [9.17, 15) is 0 Å². The van der Waals surface area contributed by atoms with E-state index >= 15 is 0 Å². The molecule has 0 saturated carbocycles. The summed E-state index contributed by atoms with van der Waals surface area (Å²) < 4.78 is 5.79. The van der Waals surface area contributed by atoms with Gasteiger partial charge in [0.25, 0.3) is 0 Å². The summed E-state index contributed by atoms with van der Waals surface area (Å²) in [5.41, 5.74) is 6.89. The summed E-state index contributed by atoms with van der Waals surface area (Å²) >= 11 is 4.87. The van der Waals surface area contributed by atoms with Crippen LogP contribution in [0.3, 0.4) is 0 Å². The summed E-state index contributed by atoms with van der Waals surface area (Å²) in [5.74, 6) is 0.876. The lowest BCUT2D eigenvalue weighted by molar-refractivity contribution is 0.230. The fraction of sp³-hybridized carbons (Fsp3) is 0.500. The van der Waals surface area contributed by atoms with E-state index in [0.29, 0.717) is 11.4 Å². The molecule has 0 saturated heterocycles. The van der Waals surface area contributed by atoms with Crippen LogP contribution in [0.5, 0.6) is 5.75 Å². The summed E-state index contributed by atoms with van der Waals surface area (Å²) in [6, 6.07) is 8.18. The van der Waals surface area contributed by atoms with Crippen molar-refractivity contribution in [3.63, 3.8) is 0 Å². The number of benzene rings is 1. The van der Waals surface area contributed by atoms with Crippen LogP contribution >= 0.6 is 12.2 Å². The van der Waals surface area contributed by atoms with Crippen molar-refractivity contribution in [2.75, 3.05) is 0 Å². The van der Waals surface area contributed by atoms with Gasteiger partial charge in [0.2, 0.25) is 0 Å². The van der Waals surface area contributed by atoms with E-state index in [4.69, 9.17) is 22.7 Å². The molecule has 2 N–H and O–H groups in total. The van der Waals surface area contributed by atoms with Gasteiger partial charge in [0.05, 0.1) is 4.99 Å². The second kappa shape index (κ2) is 5.50. The first-order chi connectivity index (χ1) is 7.79. The Morgan fingerprint density at radius 2 is 2.06 bits per heavy atom. The summed E-state index contributed by atoms with van der Waals surface area (Å²) in [6.45, 7) is 8.53. The van der Waals surface area contributed by atoms with Gasteiger partial charge in [0, 0.05) is 6.42 Å². The number of nitrogens with two attached hydrogens (primary N) is 1. The monoisotopic (exact) mass is 251 g/mol. The summed E-state index contributed by atoms with van der Waals surface area (Å²) in [5, 5.41) is 0. The van der Waals surface area contributed by atoms with Gasteiger partial charge in [-0.2, -0.15) is 0 Å². The predicted octanol–water partition coefficient (Wildman–Crippen LogP) is 3.43. The molecule has 1 aromatic rings. The third-order valence-corrected chi connectivity index (χ3v) is 2.69. The van der Waals surface area contributed by atoms with E-state index in [2.05, 4.69) is 32.9 Å². The van der Waals surface area contributed by atoms with Gasteiger partial charge in [-0.1, -0.05) is 45.1 Å². The van der Waals surface area contributed by atoms with E-state index in [1.165, 1.54) is 5.56 Å². The van der Waals surface area contributed by atoms with Crippen molar-refractivity contribution in [3.8, 4) is 5.75 Å². The van der Waals surface area contributed by atoms with Crippen molar-refractivity contribution >= 4 is 17.2 Å². The fourth-order valence-electron chi connectivity index (χ4n) is 1.59. The number of hydrogen-bond acceptors (Lipinski definition) is 2. The first-order valence-electron chi connectivity index (χ1n) is 5.84. The topological polar surface area (TPSA) is 35.2 Å². The molecule has 0 aromatic heterocycles. The normalized spacial score (nSPS) is 13.2. The number of ether oxygens (including phenoxy) is 1. The molecule has 0 bridgehead atoms. The Labute approximate surface area is 109 Å². The Morgan fingerprint density at radius 3 is 2.59 bits per heavy atom. The molecule has 0 aliphatic carbocycles. The second-order valence-corrected chi connectivity index (χ2v) is 5.90. The fourth-order valence-corrected chi connectivity index (χ4v) is 1.83. The molecule has 0 amide bonds. The minimum atomic E-state index is 0.0164. The van der Waals surface area contributed by atoms with E-state index in [1.807, 2.05) is 19.1 Å². The first-order valence-corrected chi connectivity index (χ1v) is 6.25. The highest BCUT2D eigenvalue weighted by Crippen LogP contribution is 2.26. The van der Waals surface area contributed by atoms with Crippen molar-refractivity contribution in [1.29, 1.82) is 0 Å². The number of thiocarbonyl (C=S) groups is 1. The third-order valence-electron chi connectivity index (χ3n) is 2.53. The van der Waals surface area contributed by atoms with Gasteiger partial charge >= 0.3 is 0 Å². The highest BCUT2D eigenvalue weighted by atomic mass is 32.1. The zero-order chi connectivity index (χ0) is 13.1. The molecule has 0 aliphatic heterocycles. The molecule has 1 aromatic carbocycles. The molecule has 1 atom stereocenters. The standard InChI is InChI=1S/C14H21NOS/c1-10(8-13(15)17)16-12-7-5-6-11(9-12)14(2,3)4/h5-7,9-10H,8H2,1-4H3,(H2,15,17). The predicted molar refractivity (Wildman–Crippen MR) is 76.6 cm³/mol. The molecule has 3 heteroatoms. The average molecular weight is 251 g/mol. The van der Waals surface area contributed by atoms with Crippen molar-refractivity contribution in [2.24, 2.45) is 5.73 Å². The maximum atomic E-state index is 5.79. The van der Waals surface area contributed by atoms with Crippen molar-refractivity contribution in [3.05, 3.63) is 29.8 Å². The number of hydrogen-bond donors (Lipinski definition) is 1. The molecule has 1 unspecified atom stereocenters. The molecular weight excluding hydrogens is 230 g/mol. The summed E-state index contributed by atoms with van der Waals surface area (Å²) in [4.78, 5) is 0.490. The second-order valence-electron chi connectivity index (χ2n) is 5.38. The van der Waals surface area contributed by atoms with Crippen LogP contribution in [0.25, 0.3) is 0 Å². The maximum Gasteiger partial charge on any atom is 0.120 e. The molecule has 2 nitrogen and oxygen atoms in total. The van der Waals surface area contributed by atoms with Crippen LogP contribution in [0.2, 0.25) is 0 Å². The molecule has 0 spiro atoms. The van der Waals surface area contributed by atoms with Crippen LogP contribution < -0.4 is 10.5 Å². The molecule has 1 rings (SSSR count). The summed E-state index contributed by atoms with van der Waals surface area (Å²) in [7, 11) is 0. The molecule has 0 fully saturated rings. The third kappa shape index (κ3) is 4.73. The molecular formula is C14H21NOS. The van der Waals surface area contributed by atoms with Gasteiger partial charge in [-0.05, 0) is 30.0 Å². The molecule has 94 valence electrons. The Kier molecular flexibility index (Phi) is 4.52. The highest BCUT2D eigenvalue weighted by molar-refractivity contribution is 7.80. The van der Waals surface area contributed by atoms with E-state index < -0.39 is 0 Å². The van der Waals surface area contributed by atoms with Crippen molar-refractivity contribution < 1.29 is 4.74 Å². The quantitative estimate of drug-likeness (QED) is 0.833. The van der Waals surface area contributed by atoms with Gasteiger partial charge in [0.1, 0.15) is 11.9 Å². The highest BCUT2D eigenvalue weighted by Gasteiger charge is 2.14. The van der Waals surface area contributed by atoms with Crippen molar-refractivity contribution in [2.45, 2.75) is 45.6 Å². The Morgan fingerprint density at radius 1 is 1.41 bits per heavy atom. The van der Waals surface area contributed by atoms with Crippen molar-refractivity contribution in [1.82, 2.24) is 0 Å². The molecule has 0 radical (unpaired) electrons. The smallest absolute Gasteiger partial charge is 0.120 e. The average Bonchev–Trinajstić information content (AvgIpc) is 2.15. The Balaban J connectivity index is 2.76. The zero-order valence-corrected chi connectivity index (χ0v) is 11.8. The number of rotatable bonds is 4. The lowest BCUT2D eigenvalue weighted by Gasteiger charge is -2.21. The molecule has 17 heavy (non-hydrogen) atoms. The van der Waals surface area contributed by atoms with Gasteiger partial charge in [-0.15, -0.1) is 0 Å². The van der Waals surface area contributed by atoms with Gasteiger partial charge < -0.3 is 10.5 Å². The minimum Gasteiger partial charge on any atom is -0.490 e. The lowest BCUT2D eigenvalue weighted by atomic mass is 9.87. The van der Waals surface area contributed by atoms with Crippen LogP contribution in [0, 0.1) is 0 Å². The lowest BCUT2D eigenvalue weighted by Crippen LogP contribution is -2.21. The molecule has 0 aliphatic rings. The Hall–Kier alpha value is -1.09. The van der Waals surface area contributed by atoms with Gasteiger partial charge in [-0.3, -0.25) is 0 Å². The van der Waals surface area contributed by atoms with E-state index in [0.717, 1.165) is 5.75 Å². The maximum absolute atomic E-state index is 5.79. The minimum absolute atomic E-state index is 0.0164. The van der Waals surface area contributed by atoms with Crippen LogP contribution in [-0.2, 0) is 5.41 Å². The van der Waals surface area contributed by atoms with Gasteiger partial charge in [-0.25, -0.2) is 0 Å². The largest absolute Gasteiger partial charge is 0.490 e.